The molecule has 78 valence electrons. The molecule has 1 amide bonds. The average Bonchev–Trinajstić information content (AvgIpc) is 2.10. The van der Waals surface area contributed by atoms with Crippen LogP contribution in [-0.4, -0.2) is 25.4 Å². The molecule has 0 bridgehead atoms. The highest BCUT2D eigenvalue weighted by Crippen LogP contribution is 2.04. The van der Waals surface area contributed by atoms with Gasteiger partial charge in [-0.05, 0) is 19.4 Å². The number of alkyl halides is 2. The number of rotatable bonds is 6. The number of carbonyl (C=O) groups excluding carboxylic acids is 1. The molecule has 0 heterocycles. The first kappa shape index (κ1) is 12.3. The Bertz CT molecular complexity index is 153. The molecule has 0 aliphatic carbocycles. The van der Waals surface area contributed by atoms with Gasteiger partial charge in [-0.3, -0.25) is 4.79 Å². The SMILES string of the molecule is CC(CCCN)C(=O)NCC(F)F. The van der Waals surface area contributed by atoms with E-state index in [4.69, 9.17) is 5.73 Å². The van der Waals surface area contributed by atoms with E-state index in [1.165, 1.54) is 0 Å². The molecule has 3 nitrogen and oxygen atoms in total. The molecule has 0 aliphatic heterocycles. The third kappa shape index (κ3) is 6.45. The van der Waals surface area contributed by atoms with Gasteiger partial charge in [-0.15, -0.1) is 0 Å². The highest BCUT2D eigenvalue weighted by Gasteiger charge is 2.13. The quantitative estimate of drug-likeness (QED) is 0.655. The minimum absolute atomic E-state index is 0.234. The number of amides is 1. The highest BCUT2D eigenvalue weighted by atomic mass is 19.3. The van der Waals surface area contributed by atoms with Crippen molar-refractivity contribution in [3.05, 3.63) is 0 Å². The summed E-state index contributed by atoms with van der Waals surface area (Å²) in [7, 11) is 0. The van der Waals surface area contributed by atoms with Gasteiger partial charge < -0.3 is 11.1 Å². The lowest BCUT2D eigenvalue weighted by Gasteiger charge is -2.10. The number of hydrogen-bond donors (Lipinski definition) is 2. The zero-order valence-electron chi connectivity index (χ0n) is 7.72. The van der Waals surface area contributed by atoms with Crippen molar-refractivity contribution in [1.82, 2.24) is 5.32 Å². The second-order valence-corrected chi connectivity index (χ2v) is 2.97. The molecule has 0 radical (unpaired) electrons. The van der Waals surface area contributed by atoms with Crippen LogP contribution >= 0.6 is 0 Å². The monoisotopic (exact) mass is 194 g/mol. The maximum absolute atomic E-state index is 11.7. The third-order valence-corrected chi connectivity index (χ3v) is 1.72. The zero-order valence-corrected chi connectivity index (χ0v) is 7.72. The molecular weight excluding hydrogens is 178 g/mol. The number of nitrogens with two attached hydrogens (primary N) is 1. The van der Waals surface area contributed by atoms with Gasteiger partial charge in [0.25, 0.3) is 6.43 Å². The van der Waals surface area contributed by atoms with Crippen molar-refractivity contribution in [2.45, 2.75) is 26.2 Å². The van der Waals surface area contributed by atoms with Crippen molar-refractivity contribution in [3.63, 3.8) is 0 Å². The smallest absolute Gasteiger partial charge is 0.255 e. The van der Waals surface area contributed by atoms with Crippen LogP contribution in [0.5, 0.6) is 0 Å². The summed E-state index contributed by atoms with van der Waals surface area (Å²) in [6.07, 6.45) is -1.10. The summed E-state index contributed by atoms with van der Waals surface area (Å²) < 4.78 is 23.4. The summed E-state index contributed by atoms with van der Waals surface area (Å²) in [6.45, 7) is 1.66. The van der Waals surface area contributed by atoms with Gasteiger partial charge in [-0.1, -0.05) is 6.92 Å². The molecule has 0 rings (SSSR count). The molecule has 0 spiro atoms. The highest BCUT2D eigenvalue weighted by molar-refractivity contribution is 5.78. The lowest BCUT2D eigenvalue weighted by Crippen LogP contribution is -2.33. The molecule has 0 fully saturated rings. The Morgan fingerprint density at radius 3 is 2.62 bits per heavy atom. The molecule has 0 aromatic heterocycles. The van der Waals surface area contributed by atoms with E-state index in [1.807, 2.05) is 0 Å². The largest absolute Gasteiger partial charge is 0.350 e. The molecule has 0 aromatic rings. The van der Waals surface area contributed by atoms with Crippen molar-refractivity contribution >= 4 is 5.91 Å². The maximum atomic E-state index is 11.7. The number of nitrogens with one attached hydrogen (secondary N) is 1. The number of carbonyl (C=O) groups is 1. The van der Waals surface area contributed by atoms with Crippen LogP contribution in [0.15, 0.2) is 0 Å². The Hall–Kier alpha value is -0.710. The molecule has 13 heavy (non-hydrogen) atoms. The second-order valence-electron chi connectivity index (χ2n) is 2.97. The average molecular weight is 194 g/mol. The third-order valence-electron chi connectivity index (χ3n) is 1.72. The molecule has 0 saturated heterocycles. The second kappa shape index (κ2) is 6.77. The van der Waals surface area contributed by atoms with Gasteiger partial charge in [-0.2, -0.15) is 0 Å². The Morgan fingerprint density at radius 1 is 1.54 bits per heavy atom. The van der Waals surface area contributed by atoms with Crippen molar-refractivity contribution in [3.8, 4) is 0 Å². The zero-order chi connectivity index (χ0) is 10.3. The van der Waals surface area contributed by atoms with E-state index in [0.29, 0.717) is 13.0 Å². The van der Waals surface area contributed by atoms with Crippen LogP contribution in [-0.2, 0) is 4.79 Å². The van der Waals surface area contributed by atoms with E-state index in [2.05, 4.69) is 5.32 Å². The van der Waals surface area contributed by atoms with Crippen molar-refractivity contribution in [1.29, 1.82) is 0 Å². The molecule has 1 atom stereocenters. The summed E-state index contributed by atoms with van der Waals surface area (Å²) in [6, 6.07) is 0. The molecular formula is C8H16F2N2O. The molecule has 0 aromatic carbocycles. The first-order valence-corrected chi connectivity index (χ1v) is 4.33. The standard InChI is InChI=1S/C8H16F2N2O/c1-6(3-2-4-11)8(13)12-5-7(9)10/h6-7H,2-5,11H2,1H3,(H,12,13). The summed E-state index contributed by atoms with van der Waals surface area (Å²) in [5.41, 5.74) is 5.25. The topological polar surface area (TPSA) is 55.1 Å². The van der Waals surface area contributed by atoms with E-state index in [9.17, 15) is 13.6 Å². The molecule has 3 N–H and O–H groups in total. The number of hydrogen-bond acceptors (Lipinski definition) is 2. The van der Waals surface area contributed by atoms with Crippen LogP contribution in [0.3, 0.4) is 0 Å². The Morgan fingerprint density at radius 2 is 2.15 bits per heavy atom. The fraction of sp³-hybridized carbons (Fsp3) is 0.875. The molecule has 5 heteroatoms. The van der Waals surface area contributed by atoms with E-state index >= 15 is 0 Å². The van der Waals surface area contributed by atoms with Crippen molar-refractivity contribution < 1.29 is 13.6 Å². The predicted octanol–water partition coefficient (Wildman–Crippen LogP) is 0.743. The first-order chi connectivity index (χ1) is 6.07. The molecule has 0 aliphatic rings. The van der Waals surface area contributed by atoms with Crippen LogP contribution < -0.4 is 11.1 Å². The van der Waals surface area contributed by atoms with Gasteiger partial charge in [-0.25, -0.2) is 8.78 Å². The Kier molecular flexibility index (Phi) is 6.40. The minimum atomic E-state index is -2.48. The summed E-state index contributed by atoms with van der Waals surface area (Å²) in [4.78, 5) is 11.1. The van der Waals surface area contributed by atoms with Gasteiger partial charge in [0.05, 0.1) is 6.54 Å². The Labute approximate surface area is 76.7 Å². The number of halogens is 2. The summed E-state index contributed by atoms with van der Waals surface area (Å²) in [5, 5.41) is 2.16. The summed E-state index contributed by atoms with van der Waals surface area (Å²) >= 11 is 0. The maximum Gasteiger partial charge on any atom is 0.255 e. The lowest BCUT2D eigenvalue weighted by atomic mass is 10.1. The minimum Gasteiger partial charge on any atom is -0.350 e. The fourth-order valence-corrected chi connectivity index (χ4v) is 0.907. The van der Waals surface area contributed by atoms with Crippen LogP contribution in [0.2, 0.25) is 0 Å². The van der Waals surface area contributed by atoms with E-state index in [1.54, 1.807) is 6.92 Å². The summed E-state index contributed by atoms with van der Waals surface area (Å²) in [5.74, 6) is -0.559. The van der Waals surface area contributed by atoms with Crippen molar-refractivity contribution in [2.24, 2.45) is 11.7 Å². The first-order valence-electron chi connectivity index (χ1n) is 4.33. The molecule has 0 saturated carbocycles. The van der Waals surface area contributed by atoms with Crippen molar-refractivity contribution in [2.75, 3.05) is 13.1 Å². The molecule has 1 unspecified atom stereocenters. The van der Waals surface area contributed by atoms with E-state index in [-0.39, 0.29) is 11.8 Å². The van der Waals surface area contributed by atoms with Crippen LogP contribution in [0, 0.1) is 5.92 Å². The van der Waals surface area contributed by atoms with Gasteiger partial charge in [0, 0.05) is 5.92 Å². The Balaban J connectivity index is 3.57. The van der Waals surface area contributed by atoms with E-state index < -0.39 is 13.0 Å². The lowest BCUT2D eigenvalue weighted by molar-refractivity contribution is -0.125. The van der Waals surface area contributed by atoms with Crippen LogP contribution in [0.4, 0.5) is 8.78 Å². The predicted molar refractivity (Wildman–Crippen MR) is 46.5 cm³/mol. The van der Waals surface area contributed by atoms with E-state index in [0.717, 1.165) is 6.42 Å². The fourth-order valence-electron chi connectivity index (χ4n) is 0.907. The van der Waals surface area contributed by atoms with Crippen LogP contribution in [0.25, 0.3) is 0 Å². The van der Waals surface area contributed by atoms with Gasteiger partial charge in [0.15, 0.2) is 0 Å². The van der Waals surface area contributed by atoms with Gasteiger partial charge in [0.1, 0.15) is 0 Å². The van der Waals surface area contributed by atoms with Gasteiger partial charge >= 0.3 is 0 Å². The normalized spacial score (nSPS) is 13.0. The van der Waals surface area contributed by atoms with Gasteiger partial charge in [0.2, 0.25) is 5.91 Å². The van der Waals surface area contributed by atoms with Crippen LogP contribution in [0.1, 0.15) is 19.8 Å².